The lowest BCUT2D eigenvalue weighted by Gasteiger charge is -2.17. The van der Waals surface area contributed by atoms with Gasteiger partial charge in [-0.2, -0.15) is 9.40 Å². The van der Waals surface area contributed by atoms with Gasteiger partial charge in [0, 0.05) is 36.7 Å². The lowest BCUT2D eigenvalue weighted by Crippen LogP contribution is -2.28. The molecule has 29 heavy (non-hydrogen) atoms. The van der Waals surface area contributed by atoms with Crippen molar-refractivity contribution < 1.29 is 17.9 Å². The number of carbonyl (C=O) groups excluding carboxylic acids is 1. The number of ether oxygens (including phenoxy) is 1. The van der Waals surface area contributed by atoms with Crippen LogP contribution in [0.2, 0.25) is 0 Å². The molecule has 1 aromatic carbocycles. The van der Waals surface area contributed by atoms with E-state index in [0.29, 0.717) is 11.4 Å². The zero-order chi connectivity index (χ0) is 21.2. The number of aromatic amines is 1. The van der Waals surface area contributed by atoms with Crippen LogP contribution in [0.3, 0.4) is 0 Å². The number of aryl methyl sites for hydroxylation is 2. The van der Waals surface area contributed by atoms with E-state index in [-0.39, 0.29) is 23.6 Å². The highest BCUT2D eigenvalue weighted by Crippen LogP contribution is 2.28. The minimum absolute atomic E-state index is 0.0496. The molecular weight excluding hydrogens is 392 g/mol. The van der Waals surface area contributed by atoms with Gasteiger partial charge in [-0.1, -0.05) is 18.2 Å². The van der Waals surface area contributed by atoms with Crippen molar-refractivity contribution >= 4 is 16.0 Å². The summed E-state index contributed by atoms with van der Waals surface area (Å²) in [6, 6.07) is 9.54. The van der Waals surface area contributed by atoms with Crippen molar-refractivity contribution in [3.8, 4) is 5.69 Å². The fraction of sp³-hybridized carbons (Fsp3) is 0.300. The Kier molecular flexibility index (Phi) is 5.90. The van der Waals surface area contributed by atoms with Crippen LogP contribution in [0.5, 0.6) is 0 Å². The molecule has 0 atom stereocenters. The van der Waals surface area contributed by atoms with Gasteiger partial charge in [0.2, 0.25) is 10.0 Å². The van der Waals surface area contributed by atoms with Gasteiger partial charge in [-0.25, -0.2) is 17.9 Å². The fourth-order valence-corrected chi connectivity index (χ4v) is 4.75. The van der Waals surface area contributed by atoms with Crippen LogP contribution in [0.4, 0.5) is 0 Å². The van der Waals surface area contributed by atoms with Gasteiger partial charge < -0.3 is 9.72 Å². The van der Waals surface area contributed by atoms with Gasteiger partial charge >= 0.3 is 5.97 Å². The first-order valence-corrected chi connectivity index (χ1v) is 10.6. The van der Waals surface area contributed by atoms with Crippen LogP contribution in [-0.2, 0) is 21.3 Å². The van der Waals surface area contributed by atoms with Crippen molar-refractivity contribution in [2.45, 2.75) is 32.2 Å². The van der Waals surface area contributed by atoms with Crippen LogP contribution in [0.15, 0.2) is 47.6 Å². The highest BCUT2D eigenvalue weighted by atomic mass is 32.2. The first kappa shape index (κ1) is 20.8. The van der Waals surface area contributed by atoms with Crippen molar-refractivity contribution in [3.63, 3.8) is 0 Å². The Balaban J connectivity index is 1.89. The molecule has 3 aromatic rings. The van der Waals surface area contributed by atoms with E-state index in [1.165, 1.54) is 11.4 Å². The van der Waals surface area contributed by atoms with E-state index in [2.05, 4.69) is 10.1 Å². The molecule has 154 valence electrons. The molecule has 0 aliphatic rings. The van der Waals surface area contributed by atoms with Crippen LogP contribution in [0.1, 0.15) is 34.2 Å². The molecule has 0 amide bonds. The Morgan fingerprint density at radius 3 is 2.55 bits per heavy atom. The maximum absolute atomic E-state index is 13.2. The topological polar surface area (TPSA) is 97.3 Å². The van der Waals surface area contributed by atoms with Crippen molar-refractivity contribution in [2.24, 2.45) is 0 Å². The molecule has 0 fully saturated rings. The average molecular weight is 417 g/mol. The monoisotopic (exact) mass is 416 g/mol. The van der Waals surface area contributed by atoms with E-state index in [0.717, 1.165) is 11.3 Å². The van der Waals surface area contributed by atoms with Crippen LogP contribution < -0.4 is 0 Å². The summed E-state index contributed by atoms with van der Waals surface area (Å²) < 4.78 is 34.4. The van der Waals surface area contributed by atoms with Gasteiger partial charge in [0.15, 0.2) is 0 Å². The van der Waals surface area contributed by atoms with Crippen LogP contribution in [0, 0.1) is 13.8 Å². The van der Waals surface area contributed by atoms with Gasteiger partial charge in [0.25, 0.3) is 0 Å². The van der Waals surface area contributed by atoms with Crippen molar-refractivity contribution in [2.75, 3.05) is 13.7 Å². The van der Waals surface area contributed by atoms with Crippen molar-refractivity contribution in [1.82, 2.24) is 19.1 Å². The number of nitrogens with one attached hydrogen (secondary N) is 1. The molecule has 1 N–H and O–H groups in total. The summed E-state index contributed by atoms with van der Waals surface area (Å²) >= 11 is 0. The van der Waals surface area contributed by atoms with E-state index in [4.69, 9.17) is 4.74 Å². The minimum atomic E-state index is -3.93. The number of aromatic nitrogens is 3. The van der Waals surface area contributed by atoms with E-state index in [9.17, 15) is 13.2 Å². The first-order valence-electron chi connectivity index (χ1n) is 9.17. The third-order valence-electron chi connectivity index (χ3n) is 4.53. The third-order valence-corrected chi connectivity index (χ3v) is 6.50. The zero-order valence-corrected chi connectivity index (χ0v) is 17.7. The predicted octanol–water partition coefficient (Wildman–Crippen LogP) is 2.81. The number of H-pyrrole nitrogens is 1. The second kappa shape index (κ2) is 8.22. The van der Waals surface area contributed by atoms with Crippen LogP contribution in [0.25, 0.3) is 5.69 Å². The Labute approximate surface area is 170 Å². The SMILES string of the molecule is CCOC(=O)c1c(C)[nH]c(C)c1S(=O)(=O)N(C)Cc1cnn(-c2ccccc2)c1. The van der Waals surface area contributed by atoms with Gasteiger partial charge in [-0.3, -0.25) is 0 Å². The minimum Gasteiger partial charge on any atom is -0.462 e. The Hall–Kier alpha value is -2.91. The molecule has 0 bridgehead atoms. The smallest absolute Gasteiger partial charge is 0.341 e. The van der Waals surface area contributed by atoms with Gasteiger partial charge in [-0.15, -0.1) is 0 Å². The number of sulfonamides is 1. The number of hydrogen-bond donors (Lipinski definition) is 1. The molecule has 0 radical (unpaired) electrons. The lowest BCUT2D eigenvalue weighted by molar-refractivity contribution is 0.0521. The molecule has 2 aromatic heterocycles. The molecule has 2 heterocycles. The van der Waals surface area contributed by atoms with E-state index < -0.39 is 16.0 Å². The summed E-state index contributed by atoms with van der Waals surface area (Å²) in [6.45, 7) is 5.24. The van der Waals surface area contributed by atoms with E-state index in [1.54, 1.807) is 37.8 Å². The summed E-state index contributed by atoms with van der Waals surface area (Å²) in [6.07, 6.45) is 3.41. The van der Waals surface area contributed by atoms with E-state index >= 15 is 0 Å². The normalized spacial score (nSPS) is 11.8. The lowest BCUT2D eigenvalue weighted by atomic mass is 10.2. The molecule has 0 saturated carbocycles. The number of hydrogen-bond acceptors (Lipinski definition) is 5. The highest BCUT2D eigenvalue weighted by molar-refractivity contribution is 7.89. The number of esters is 1. The Morgan fingerprint density at radius 1 is 1.21 bits per heavy atom. The number of nitrogens with zero attached hydrogens (tertiary/aromatic N) is 3. The zero-order valence-electron chi connectivity index (χ0n) is 16.8. The standard InChI is InChI=1S/C20H24N4O4S/c1-5-28-20(25)18-14(2)22-15(3)19(18)29(26,27)23(4)12-16-11-21-24(13-16)17-9-7-6-8-10-17/h6-11,13,22H,5,12H2,1-4H3. The number of carbonyl (C=O) groups is 1. The number of para-hydroxylation sites is 1. The molecule has 8 nitrogen and oxygen atoms in total. The third kappa shape index (κ3) is 4.10. The fourth-order valence-electron chi connectivity index (χ4n) is 3.19. The molecule has 3 rings (SSSR count). The van der Waals surface area contributed by atoms with Crippen molar-refractivity contribution in [3.05, 3.63) is 65.2 Å². The highest BCUT2D eigenvalue weighted by Gasteiger charge is 2.32. The summed E-state index contributed by atoms with van der Waals surface area (Å²) in [5, 5.41) is 4.30. The average Bonchev–Trinajstić information content (AvgIpc) is 3.26. The summed E-state index contributed by atoms with van der Waals surface area (Å²) in [7, 11) is -2.45. The maximum Gasteiger partial charge on any atom is 0.341 e. The molecule has 0 unspecified atom stereocenters. The number of benzene rings is 1. The summed E-state index contributed by atoms with van der Waals surface area (Å²) in [4.78, 5) is 15.2. The molecular formula is C20H24N4O4S. The van der Waals surface area contributed by atoms with Crippen LogP contribution in [-0.4, -0.2) is 47.1 Å². The summed E-state index contributed by atoms with van der Waals surface area (Å²) in [5.41, 5.74) is 2.52. The molecule has 0 aliphatic carbocycles. The first-order chi connectivity index (χ1) is 13.8. The Morgan fingerprint density at radius 2 is 1.90 bits per heavy atom. The molecule has 0 spiro atoms. The largest absolute Gasteiger partial charge is 0.462 e. The van der Waals surface area contributed by atoms with Crippen molar-refractivity contribution in [1.29, 1.82) is 0 Å². The summed E-state index contributed by atoms with van der Waals surface area (Å²) in [5.74, 6) is -0.654. The predicted molar refractivity (Wildman–Crippen MR) is 108 cm³/mol. The maximum atomic E-state index is 13.2. The second-order valence-corrected chi connectivity index (χ2v) is 8.67. The molecule has 0 aliphatic heterocycles. The van der Waals surface area contributed by atoms with Gasteiger partial charge in [-0.05, 0) is 32.9 Å². The van der Waals surface area contributed by atoms with Gasteiger partial charge in [0.05, 0.1) is 18.5 Å². The molecule has 9 heteroatoms. The second-order valence-electron chi connectivity index (χ2n) is 6.69. The Bertz CT molecular complexity index is 1120. The van der Waals surface area contributed by atoms with E-state index in [1.807, 2.05) is 30.3 Å². The number of rotatable bonds is 7. The quantitative estimate of drug-likeness (QED) is 0.598. The van der Waals surface area contributed by atoms with Gasteiger partial charge in [0.1, 0.15) is 10.5 Å². The molecule has 0 saturated heterocycles. The van der Waals surface area contributed by atoms with Crippen LogP contribution >= 0.6 is 0 Å².